The van der Waals surface area contributed by atoms with Crippen molar-refractivity contribution in [2.24, 2.45) is 7.05 Å². The van der Waals surface area contributed by atoms with Crippen LogP contribution in [0.15, 0.2) is 77.7 Å². The molecule has 0 aliphatic rings. The van der Waals surface area contributed by atoms with Crippen LogP contribution in [-0.2, 0) is 13.6 Å². The summed E-state index contributed by atoms with van der Waals surface area (Å²) in [4.78, 5) is 29.3. The maximum atomic E-state index is 12.8. The molecule has 7 nitrogen and oxygen atoms in total. The second kappa shape index (κ2) is 9.34. The van der Waals surface area contributed by atoms with Gasteiger partial charge in [0.25, 0.3) is 11.5 Å². The van der Waals surface area contributed by atoms with E-state index < -0.39 is 0 Å². The predicted molar refractivity (Wildman–Crippen MR) is 122 cm³/mol. The Morgan fingerprint density at radius 3 is 2.53 bits per heavy atom. The molecule has 4 aromatic rings. The summed E-state index contributed by atoms with van der Waals surface area (Å²) < 4.78 is 12.9. The summed E-state index contributed by atoms with van der Waals surface area (Å²) in [6.45, 7) is 2.72. The Bertz CT molecular complexity index is 1310. The largest absolute Gasteiger partial charge is 0.490 e. The van der Waals surface area contributed by atoms with E-state index in [1.165, 1.54) is 10.6 Å². The van der Waals surface area contributed by atoms with E-state index in [1.807, 2.05) is 61.5 Å². The number of aromatic nitrogens is 2. The molecule has 2 heterocycles. The average Bonchev–Trinajstić information content (AvgIpc) is 2.82. The number of nitrogens with one attached hydrogen (secondary N) is 1. The van der Waals surface area contributed by atoms with Gasteiger partial charge in [0.05, 0.1) is 17.7 Å². The molecule has 7 heteroatoms. The van der Waals surface area contributed by atoms with E-state index in [4.69, 9.17) is 9.47 Å². The zero-order valence-electron chi connectivity index (χ0n) is 17.9. The normalized spacial score (nSPS) is 10.7. The molecule has 0 aliphatic carbocycles. The Morgan fingerprint density at radius 2 is 1.78 bits per heavy atom. The summed E-state index contributed by atoms with van der Waals surface area (Å²) >= 11 is 0. The van der Waals surface area contributed by atoms with Crippen molar-refractivity contribution in [2.75, 3.05) is 6.61 Å². The first kappa shape index (κ1) is 21.1. The Balaban J connectivity index is 1.45. The van der Waals surface area contributed by atoms with Gasteiger partial charge < -0.3 is 19.4 Å². The monoisotopic (exact) mass is 429 g/mol. The zero-order chi connectivity index (χ0) is 22.5. The second-order valence-electron chi connectivity index (χ2n) is 7.14. The summed E-state index contributed by atoms with van der Waals surface area (Å²) in [7, 11) is 1.69. The number of hydrogen-bond donors (Lipinski definition) is 1. The van der Waals surface area contributed by atoms with Crippen LogP contribution < -0.4 is 20.3 Å². The summed E-state index contributed by atoms with van der Waals surface area (Å²) in [6.07, 6.45) is 1.64. The van der Waals surface area contributed by atoms with Crippen LogP contribution in [-0.4, -0.2) is 22.1 Å². The van der Waals surface area contributed by atoms with Crippen molar-refractivity contribution in [3.05, 3.63) is 94.4 Å². The lowest BCUT2D eigenvalue weighted by molar-refractivity contribution is 0.0952. The fraction of sp³-hybridized carbons (Fsp3) is 0.160. The average molecular weight is 429 g/mol. The summed E-state index contributed by atoms with van der Waals surface area (Å²) in [5.74, 6) is 1.34. The van der Waals surface area contributed by atoms with Gasteiger partial charge in [-0.2, -0.15) is 0 Å². The highest BCUT2D eigenvalue weighted by molar-refractivity contribution is 6.06. The molecular formula is C25H23N3O4. The number of hydrogen-bond acceptors (Lipinski definition) is 5. The first-order chi connectivity index (χ1) is 15.6. The van der Waals surface area contributed by atoms with Gasteiger partial charge in [-0.15, -0.1) is 0 Å². The Kier molecular flexibility index (Phi) is 6.17. The Labute approximate surface area is 185 Å². The SMILES string of the molecule is CCOc1ccccc1Oc1ccc(CNC(=O)c2cc(=O)n(C)c3ccccc23)cn1. The molecule has 1 amide bonds. The van der Waals surface area contributed by atoms with Gasteiger partial charge in [-0.3, -0.25) is 9.59 Å². The van der Waals surface area contributed by atoms with Gasteiger partial charge in [0.1, 0.15) is 0 Å². The molecule has 32 heavy (non-hydrogen) atoms. The summed E-state index contributed by atoms with van der Waals surface area (Å²) in [5, 5.41) is 3.59. The van der Waals surface area contributed by atoms with Gasteiger partial charge in [0.15, 0.2) is 11.5 Å². The quantitative estimate of drug-likeness (QED) is 0.479. The predicted octanol–water partition coefficient (Wildman–Crippen LogP) is 4.05. The first-order valence-electron chi connectivity index (χ1n) is 10.3. The third-order valence-electron chi connectivity index (χ3n) is 5.01. The number of aryl methyl sites for hydroxylation is 1. The molecule has 2 aromatic carbocycles. The lowest BCUT2D eigenvalue weighted by Crippen LogP contribution is -2.26. The number of para-hydroxylation sites is 3. The molecule has 2 aromatic heterocycles. The second-order valence-corrected chi connectivity index (χ2v) is 7.14. The van der Waals surface area contributed by atoms with Crippen molar-refractivity contribution in [2.45, 2.75) is 13.5 Å². The number of ether oxygens (including phenoxy) is 2. The lowest BCUT2D eigenvalue weighted by atomic mass is 10.1. The maximum Gasteiger partial charge on any atom is 0.252 e. The molecule has 0 atom stereocenters. The van der Waals surface area contributed by atoms with Crippen LogP contribution in [0.5, 0.6) is 17.4 Å². The van der Waals surface area contributed by atoms with Gasteiger partial charge in [-0.1, -0.05) is 36.4 Å². The van der Waals surface area contributed by atoms with E-state index in [0.29, 0.717) is 35.1 Å². The minimum Gasteiger partial charge on any atom is -0.490 e. The minimum atomic E-state index is -0.315. The number of benzene rings is 2. The highest BCUT2D eigenvalue weighted by Gasteiger charge is 2.13. The number of pyridine rings is 2. The van der Waals surface area contributed by atoms with Gasteiger partial charge in [0.2, 0.25) is 5.88 Å². The number of amides is 1. The van der Waals surface area contributed by atoms with Crippen LogP contribution in [0, 0.1) is 0 Å². The van der Waals surface area contributed by atoms with Gasteiger partial charge in [-0.25, -0.2) is 4.98 Å². The van der Waals surface area contributed by atoms with E-state index in [0.717, 1.165) is 10.9 Å². The molecule has 162 valence electrons. The van der Waals surface area contributed by atoms with E-state index in [-0.39, 0.29) is 18.0 Å². The van der Waals surface area contributed by atoms with Crippen molar-refractivity contribution in [1.82, 2.24) is 14.9 Å². The molecule has 0 fully saturated rings. The maximum absolute atomic E-state index is 12.8. The number of nitrogens with zero attached hydrogens (tertiary/aromatic N) is 2. The third-order valence-corrected chi connectivity index (χ3v) is 5.01. The summed E-state index contributed by atoms with van der Waals surface area (Å²) in [5.41, 5.74) is 1.63. The molecule has 0 radical (unpaired) electrons. The van der Waals surface area contributed by atoms with Crippen LogP contribution in [0.4, 0.5) is 0 Å². The molecule has 0 aliphatic heterocycles. The molecule has 4 rings (SSSR count). The van der Waals surface area contributed by atoms with Gasteiger partial charge >= 0.3 is 0 Å². The van der Waals surface area contributed by atoms with Crippen molar-refractivity contribution in [3.63, 3.8) is 0 Å². The van der Waals surface area contributed by atoms with Gasteiger partial charge in [-0.05, 0) is 30.7 Å². The van der Waals surface area contributed by atoms with Gasteiger partial charge in [0, 0.05) is 37.3 Å². The van der Waals surface area contributed by atoms with Crippen molar-refractivity contribution >= 4 is 16.8 Å². The minimum absolute atomic E-state index is 0.232. The number of carbonyl (C=O) groups excluding carboxylic acids is 1. The fourth-order valence-electron chi connectivity index (χ4n) is 3.37. The molecule has 1 N–H and O–H groups in total. The van der Waals surface area contributed by atoms with Crippen molar-refractivity contribution in [1.29, 1.82) is 0 Å². The van der Waals surface area contributed by atoms with E-state index in [2.05, 4.69) is 10.3 Å². The highest BCUT2D eigenvalue weighted by Crippen LogP contribution is 2.30. The van der Waals surface area contributed by atoms with Crippen molar-refractivity contribution < 1.29 is 14.3 Å². The molecule has 0 saturated heterocycles. The number of carbonyl (C=O) groups is 1. The Morgan fingerprint density at radius 1 is 1.03 bits per heavy atom. The highest BCUT2D eigenvalue weighted by atomic mass is 16.5. The summed E-state index contributed by atoms with van der Waals surface area (Å²) in [6, 6.07) is 19.6. The molecular weight excluding hydrogens is 406 g/mol. The van der Waals surface area contributed by atoms with Crippen LogP contribution in [0.1, 0.15) is 22.8 Å². The number of fused-ring (bicyclic) bond motifs is 1. The van der Waals surface area contributed by atoms with Crippen LogP contribution in [0.25, 0.3) is 10.9 Å². The van der Waals surface area contributed by atoms with Crippen molar-refractivity contribution in [3.8, 4) is 17.4 Å². The Hall–Kier alpha value is -4.13. The lowest BCUT2D eigenvalue weighted by Gasteiger charge is -2.12. The van der Waals surface area contributed by atoms with Crippen LogP contribution >= 0.6 is 0 Å². The zero-order valence-corrected chi connectivity index (χ0v) is 17.9. The third kappa shape index (κ3) is 4.46. The molecule has 0 spiro atoms. The van der Waals surface area contributed by atoms with E-state index in [9.17, 15) is 9.59 Å². The molecule has 0 unspecified atom stereocenters. The van der Waals surface area contributed by atoms with E-state index in [1.54, 1.807) is 19.3 Å². The first-order valence-corrected chi connectivity index (χ1v) is 10.3. The molecule has 0 saturated carbocycles. The molecule has 0 bridgehead atoms. The standard InChI is InChI=1S/C25H23N3O4/c1-3-31-21-10-6-7-11-22(21)32-23-13-12-17(15-26-23)16-27-25(30)19-14-24(29)28(2)20-9-5-4-8-18(19)20/h4-15H,3,16H2,1-2H3,(H,27,30). The van der Waals surface area contributed by atoms with Crippen LogP contribution in [0.3, 0.4) is 0 Å². The van der Waals surface area contributed by atoms with Crippen LogP contribution in [0.2, 0.25) is 0 Å². The number of rotatable bonds is 7. The van der Waals surface area contributed by atoms with E-state index >= 15 is 0 Å². The smallest absolute Gasteiger partial charge is 0.252 e. The fourth-order valence-corrected chi connectivity index (χ4v) is 3.37. The topological polar surface area (TPSA) is 82.5 Å².